The van der Waals surface area contributed by atoms with E-state index in [4.69, 9.17) is 4.42 Å². The van der Waals surface area contributed by atoms with Crippen molar-refractivity contribution < 1.29 is 9.21 Å². The second-order valence-electron chi connectivity index (χ2n) is 4.92. The van der Waals surface area contributed by atoms with Crippen LogP contribution in [0.15, 0.2) is 52.0 Å². The van der Waals surface area contributed by atoms with Crippen LogP contribution in [0.1, 0.15) is 16.1 Å². The molecule has 4 nitrogen and oxygen atoms in total. The number of piperazine rings is 1. The highest BCUT2D eigenvalue weighted by Gasteiger charge is 2.23. The zero-order valence-corrected chi connectivity index (χ0v) is 12.6. The van der Waals surface area contributed by atoms with Gasteiger partial charge in [-0.15, -0.1) is 11.8 Å². The number of carbonyl (C=O) groups excluding carboxylic acids is 1. The van der Waals surface area contributed by atoms with Gasteiger partial charge in [0.25, 0.3) is 5.91 Å². The average Bonchev–Trinajstić information content (AvgIpc) is 3.02. The molecule has 0 aliphatic carbocycles. The van der Waals surface area contributed by atoms with Gasteiger partial charge in [0, 0.05) is 42.4 Å². The van der Waals surface area contributed by atoms with Crippen molar-refractivity contribution in [1.29, 1.82) is 0 Å². The van der Waals surface area contributed by atoms with Gasteiger partial charge in [-0.2, -0.15) is 0 Å². The van der Waals surface area contributed by atoms with Crippen LogP contribution in [0.25, 0.3) is 0 Å². The standard InChI is InChI=1S/C16H18N2O2S/c19-16(18-9-7-17-8-10-18)15-13(6-11-20-15)12-21-14-4-2-1-3-5-14/h1-6,11,17H,7-10,12H2. The molecule has 0 saturated carbocycles. The normalized spacial score (nSPS) is 15.1. The fraction of sp³-hybridized carbons (Fsp3) is 0.312. The van der Waals surface area contributed by atoms with Gasteiger partial charge in [-0.1, -0.05) is 18.2 Å². The lowest BCUT2D eigenvalue weighted by Crippen LogP contribution is -2.46. The first-order valence-corrected chi connectivity index (χ1v) is 8.07. The molecule has 1 saturated heterocycles. The Morgan fingerprint density at radius 2 is 1.95 bits per heavy atom. The first-order chi connectivity index (χ1) is 10.3. The van der Waals surface area contributed by atoms with Crippen LogP contribution in [0.3, 0.4) is 0 Å². The zero-order chi connectivity index (χ0) is 14.5. The number of hydrogen-bond acceptors (Lipinski definition) is 4. The molecule has 0 spiro atoms. The summed E-state index contributed by atoms with van der Waals surface area (Å²) in [7, 11) is 0. The summed E-state index contributed by atoms with van der Waals surface area (Å²) in [4.78, 5) is 15.5. The summed E-state index contributed by atoms with van der Waals surface area (Å²) in [5.74, 6) is 1.23. The first kappa shape index (κ1) is 14.2. The minimum absolute atomic E-state index is 0.00478. The van der Waals surface area contributed by atoms with E-state index >= 15 is 0 Å². The molecule has 0 unspecified atom stereocenters. The summed E-state index contributed by atoms with van der Waals surface area (Å²) in [6.07, 6.45) is 1.61. The fourth-order valence-electron chi connectivity index (χ4n) is 2.33. The molecule has 5 heteroatoms. The number of amides is 1. The van der Waals surface area contributed by atoms with E-state index in [2.05, 4.69) is 17.4 Å². The van der Waals surface area contributed by atoms with Gasteiger partial charge >= 0.3 is 0 Å². The highest BCUT2D eigenvalue weighted by atomic mass is 32.2. The van der Waals surface area contributed by atoms with E-state index in [0.29, 0.717) is 5.76 Å². The van der Waals surface area contributed by atoms with Crippen LogP contribution in [0.5, 0.6) is 0 Å². The molecule has 2 heterocycles. The van der Waals surface area contributed by atoms with E-state index < -0.39 is 0 Å². The van der Waals surface area contributed by atoms with Crippen molar-refractivity contribution in [3.8, 4) is 0 Å². The predicted octanol–water partition coefficient (Wildman–Crippen LogP) is 2.62. The monoisotopic (exact) mass is 302 g/mol. The minimum Gasteiger partial charge on any atom is -0.459 e. The largest absolute Gasteiger partial charge is 0.459 e. The average molecular weight is 302 g/mol. The highest BCUT2D eigenvalue weighted by molar-refractivity contribution is 7.98. The van der Waals surface area contributed by atoms with Gasteiger partial charge in [0.2, 0.25) is 0 Å². The minimum atomic E-state index is 0.00478. The molecule has 1 aliphatic heterocycles. The Kier molecular flexibility index (Phi) is 4.62. The van der Waals surface area contributed by atoms with Crippen LogP contribution in [-0.4, -0.2) is 37.0 Å². The Bertz CT molecular complexity index is 591. The van der Waals surface area contributed by atoms with Crippen molar-refractivity contribution in [3.05, 3.63) is 54.0 Å². The SMILES string of the molecule is O=C(c1occc1CSc1ccccc1)N1CCNCC1. The number of nitrogens with zero attached hydrogens (tertiary/aromatic N) is 1. The highest BCUT2D eigenvalue weighted by Crippen LogP contribution is 2.25. The number of benzene rings is 1. The molecule has 1 N–H and O–H groups in total. The van der Waals surface area contributed by atoms with Gasteiger partial charge in [-0.05, 0) is 18.2 Å². The Hall–Kier alpha value is -1.72. The Labute approximate surface area is 128 Å². The molecule has 2 aromatic rings. The van der Waals surface area contributed by atoms with Crippen molar-refractivity contribution >= 4 is 17.7 Å². The van der Waals surface area contributed by atoms with Crippen LogP contribution >= 0.6 is 11.8 Å². The maximum Gasteiger partial charge on any atom is 0.289 e. The molecule has 21 heavy (non-hydrogen) atoms. The Morgan fingerprint density at radius 3 is 2.71 bits per heavy atom. The number of hydrogen-bond donors (Lipinski definition) is 1. The summed E-state index contributed by atoms with van der Waals surface area (Å²) < 4.78 is 5.44. The third kappa shape index (κ3) is 3.49. The van der Waals surface area contributed by atoms with E-state index in [9.17, 15) is 4.79 Å². The topological polar surface area (TPSA) is 45.5 Å². The summed E-state index contributed by atoms with van der Waals surface area (Å²) in [5.41, 5.74) is 0.965. The lowest BCUT2D eigenvalue weighted by molar-refractivity contribution is 0.0702. The van der Waals surface area contributed by atoms with Crippen molar-refractivity contribution in [2.45, 2.75) is 10.6 Å². The van der Waals surface area contributed by atoms with Crippen LogP contribution in [0, 0.1) is 0 Å². The zero-order valence-electron chi connectivity index (χ0n) is 11.7. The second-order valence-corrected chi connectivity index (χ2v) is 5.97. The lowest BCUT2D eigenvalue weighted by atomic mass is 10.2. The van der Waals surface area contributed by atoms with E-state index in [1.165, 1.54) is 4.90 Å². The molecule has 1 aromatic carbocycles. The number of furan rings is 1. The number of thioether (sulfide) groups is 1. The van der Waals surface area contributed by atoms with Gasteiger partial charge in [-0.3, -0.25) is 4.79 Å². The Balaban J connectivity index is 1.67. The Morgan fingerprint density at radius 1 is 1.19 bits per heavy atom. The van der Waals surface area contributed by atoms with Crippen LogP contribution in [0.4, 0.5) is 0 Å². The second kappa shape index (κ2) is 6.83. The summed E-state index contributed by atoms with van der Waals surface area (Å²) in [6.45, 7) is 3.18. The molecule has 1 aromatic heterocycles. The van der Waals surface area contributed by atoms with Crippen molar-refractivity contribution in [2.75, 3.05) is 26.2 Å². The van der Waals surface area contributed by atoms with Gasteiger partial charge in [0.05, 0.1) is 6.26 Å². The third-order valence-electron chi connectivity index (χ3n) is 3.48. The van der Waals surface area contributed by atoms with Gasteiger partial charge in [0.1, 0.15) is 0 Å². The van der Waals surface area contributed by atoms with Gasteiger partial charge in [0.15, 0.2) is 5.76 Å². The predicted molar refractivity (Wildman–Crippen MR) is 83.5 cm³/mol. The van der Waals surface area contributed by atoms with E-state index in [-0.39, 0.29) is 5.91 Å². The molecule has 1 amide bonds. The maximum atomic E-state index is 12.5. The molecular weight excluding hydrogens is 284 g/mol. The molecule has 0 radical (unpaired) electrons. The fourth-order valence-corrected chi connectivity index (χ4v) is 3.23. The summed E-state index contributed by atoms with van der Waals surface area (Å²) in [6, 6.07) is 12.1. The number of rotatable bonds is 4. The number of nitrogens with one attached hydrogen (secondary N) is 1. The van der Waals surface area contributed by atoms with Gasteiger partial charge < -0.3 is 14.6 Å². The molecule has 1 fully saturated rings. The quantitative estimate of drug-likeness (QED) is 0.882. The third-order valence-corrected chi connectivity index (χ3v) is 4.54. The van der Waals surface area contributed by atoms with Crippen LogP contribution in [-0.2, 0) is 5.75 Å². The lowest BCUT2D eigenvalue weighted by Gasteiger charge is -2.26. The molecule has 110 valence electrons. The molecular formula is C16H18N2O2S. The van der Waals surface area contributed by atoms with E-state index in [1.807, 2.05) is 29.2 Å². The van der Waals surface area contributed by atoms with Crippen LogP contribution < -0.4 is 5.32 Å². The van der Waals surface area contributed by atoms with Crippen molar-refractivity contribution in [3.63, 3.8) is 0 Å². The molecule has 0 bridgehead atoms. The van der Waals surface area contributed by atoms with Crippen molar-refractivity contribution in [1.82, 2.24) is 10.2 Å². The van der Waals surface area contributed by atoms with E-state index in [1.54, 1.807) is 18.0 Å². The number of carbonyl (C=O) groups is 1. The summed E-state index contributed by atoms with van der Waals surface area (Å²) in [5, 5.41) is 3.25. The van der Waals surface area contributed by atoms with Gasteiger partial charge in [-0.25, -0.2) is 0 Å². The first-order valence-electron chi connectivity index (χ1n) is 7.09. The molecule has 1 aliphatic rings. The smallest absolute Gasteiger partial charge is 0.289 e. The van der Waals surface area contributed by atoms with Crippen molar-refractivity contribution in [2.24, 2.45) is 0 Å². The van der Waals surface area contributed by atoms with Crippen LogP contribution in [0.2, 0.25) is 0 Å². The molecule has 0 atom stereocenters. The van der Waals surface area contributed by atoms with E-state index in [0.717, 1.165) is 37.5 Å². The maximum absolute atomic E-state index is 12.5. The molecule has 3 rings (SSSR count). The summed E-state index contributed by atoms with van der Waals surface area (Å²) >= 11 is 1.71.